The molecular formula is C23H33N3O4. The van der Waals surface area contributed by atoms with Crippen molar-refractivity contribution in [2.24, 2.45) is 4.99 Å². The first-order valence-electron chi connectivity index (χ1n) is 10.0. The summed E-state index contributed by atoms with van der Waals surface area (Å²) in [6.45, 7) is 5.33. The van der Waals surface area contributed by atoms with E-state index in [4.69, 9.17) is 14.2 Å². The molecule has 0 radical (unpaired) electrons. The summed E-state index contributed by atoms with van der Waals surface area (Å²) in [6.07, 6.45) is 0.663. The van der Waals surface area contributed by atoms with Crippen molar-refractivity contribution in [2.45, 2.75) is 25.9 Å². The van der Waals surface area contributed by atoms with Crippen LogP contribution in [0.2, 0.25) is 0 Å². The molecule has 30 heavy (non-hydrogen) atoms. The van der Waals surface area contributed by atoms with Gasteiger partial charge in [-0.1, -0.05) is 30.3 Å². The number of nitrogens with one attached hydrogen (secondary N) is 2. The molecular weight excluding hydrogens is 382 g/mol. The van der Waals surface area contributed by atoms with Gasteiger partial charge in [-0.05, 0) is 25.8 Å². The fourth-order valence-electron chi connectivity index (χ4n) is 3.09. The second-order valence-corrected chi connectivity index (χ2v) is 7.02. The quantitative estimate of drug-likeness (QED) is 0.409. The van der Waals surface area contributed by atoms with E-state index in [-0.39, 0.29) is 6.54 Å². The predicted octanol–water partition coefficient (Wildman–Crippen LogP) is 2.72. The lowest BCUT2D eigenvalue weighted by Crippen LogP contribution is -2.39. The monoisotopic (exact) mass is 415 g/mol. The van der Waals surface area contributed by atoms with Crippen LogP contribution in [0.1, 0.15) is 25.0 Å². The van der Waals surface area contributed by atoms with Gasteiger partial charge in [0.2, 0.25) is 0 Å². The van der Waals surface area contributed by atoms with E-state index in [9.17, 15) is 5.11 Å². The summed E-state index contributed by atoms with van der Waals surface area (Å²) < 4.78 is 16.3. The summed E-state index contributed by atoms with van der Waals surface area (Å²) in [6, 6.07) is 13.2. The highest BCUT2D eigenvalue weighted by Crippen LogP contribution is 2.34. The van der Waals surface area contributed by atoms with Crippen LogP contribution in [0.25, 0.3) is 0 Å². The van der Waals surface area contributed by atoms with Crippen molar-refractivity contribution in [3.63, 3.8) is 0 Å². The molecule has 0 saturated heterocycles. The summed E-state index contributed by atoms with van der Waals surface area (Å²) in [7, 11) is 4.86. The minimum Gasteiger partial charge on any atom is -0.496 e. The van der Waals surface area contributed by atoms with Gasteiger partial charge in [-0.2, -0.15) is 0 Å². The lowest BCUT2D eigenvalue weighted by molar-refractivity contribution is 0.0672. The largest absolute Gasteiger partial charge is 0.496 e. The number of rotatable bonds is 10. The third kappa shape index (κ3) is 6.29. The zero-order valence-electron chi connectivity index (χ0n) is 18.5. The summed E-state index contributed by atoms with van der Waals surface area (Å²) in [5, 5.41) is 17.3. The van der Waals surface area contributed by atoms with E-state index in [1.54, 1.807) is 28.3 Å². The first kappa shape index (κ1) is 23.3. The van der Waals surface area contributed by atoms with Gasteiger partial charge in [0.1, 0.15) is 22.8 Å². The number of guanidine groups is 1. The average molecular weight is 416 g/mol. The lowest BCUT2D eigenvalue weighted by atomic mass is 9.96. The van der Waals surface area contributed by atoms with Gasteiger partial charge in [0.05, 0.1) is 27.9 Å². The molecule has 0 aliphatic rings. The first-order chi connectivity index (χ1) is 14.4. The van der Waals surface area contributed by atoms with Crippen molar-refractivity contribution in [3.05, 3.63) is 53.6 Å². The van der Waals surface area contributed by atoms with E-state index in [2.05, 4.69) is 15.6 Å². The van der Waals surface area contributed by atoms with E-state index >= 15 is 0 Å². The predicted molar refractivity (Wildman–Crippen MR) is 120 cm³/mol. The number of hydrogen-bond acceptors (Lipinski definition) is 5. The molecule has 0 saturated carbocycles. The number of nitrogens with zero attached hydrogens (tertiary/aromatic N) is 1. The van der Waals surface area contributed by atoms with Crippen molar-refractivity contribution in [1.29, 1.82) is 0 Å². The molecule has 7 heteroatoms. The molecule has 164 valence electrons. The Morgan fingerprint density at radius 3 is 2.17 bits per heavy atom. The van der Waals surface area contributed by atoms with Crippen LogP contribution in [-0.4, -0.2) is 52.0 Å². The summed E-state index contributed by atoms with van der Waals surface area (Å²) >= 11 is 0. The molecule has 0 fully saturated rings. The Morgan fingerprint density at radius 2 is 1.63 bits per heavy atom. The number of aliphatic imine (C=N–C) groups is 1. The molecule has 3 N–H and O–H groups in total. The third-order valence-corrected chi connectivity index (χ3v) is 4.77. The smallest absolute Gasteiger partial charge is 0.191 e. The highest BCUT2D eigenvalue weighted by molar-refractivity contribution is 5.79. The Balaban J connectivity index is 2.07. The minimum atomic E-state index is -1.05. The van der Waals surface area contributed by atoms with Crippen molar-refractivity contribution < 1.29 is 19.3 Å². The maximum Gasteiger partial charge on any atom is 0.191 e. The van der Waals surface area contributed by atoms with Gasteiger partial charge in [0.15, 0.2) is 5.96 Å². The Morgan fingerprint density at radius 1 is 1.00 bits per heavy atom. The van der Waals surface area contributed by atoms with Crippen molar-refractivity contribution in [1.82, 2.24) is 10.6 Å². The fraction of sp³-hybridized carbons (Fsp3) is 0.435. The molecule has 0 bridgehead atoms. The summed E-state index contributed by atoms with van der Waals surface area (Å²) in [4.78, 5) is 4.57. The fourth-order valence-corrected chi connectivity index (χ4v) is 3.09. The first-order valence-corrected chi connectivity index (χ1v) is 10.0. The molecule has 2 aromatic carbocycles. The molecule has 0 aromatic heterocycles. The van der Waals surface area contributed by atoms with E-state index in [1.807, 2.05) is 49.4 Å². The van der Waals surface area contributed by atoms with Gasteiger partial charge < -0.3 is 30.0 Å². The minimum absolute atomic E-state index is 0.238. The third-order valence-electron chi connectivity index (χ3n) is 4.77. The van der Waals surface area contributed by atoms with E-state index in [0.29, 0.717) is 42.7 Å². The van der Waals surface area contributed by atoms with Crippen LogP contribution in [0, 0.1) is 0 Å². The standard InChI is InChI=1S/C23H33N3O4/c1-6-24-22(26-16-23(2,27)17-10-8-7-9-11-17)25-13-12-19-20(29-4)14-18(28-3)15-21(19)30-5/h7-11,14-15,27H,6,12-13,16H2,1-5H3,(H2,24,25,26). The Hall–Kier alpha value is -2.93. The van der Waals surface area contributed by atoms with Crippen LogP contribution in [0.4, 0.5) is 0 Å². The normalized spacial score (nSPS) is 13.3. The summed E-state index contributed by atoms with van der Waals surface area (Å²) in [5.74, 6) is 2.74. The second kappa shape index (κ2) is 11.3. The van der Waals surface area contributed by atoms with Crippen LogP contribution < -0.4 is 24.8 Å². The molecule has 1 unspecified atom stereocenters. The zero-order chi connectivity index (χ0) is 22.0. The van der Waals surface area contributed by atoms with E-state index in [0.717, 1.165) is 11.1 Å². The topological polar surface area (TPSA) is 84.3 Å². The van der Waals surface area contributed by atoms with Crippen molar-refractivity contribution in [3.8, 4) is 17.2 Å². The van der Waals surface area contributed by atoms with Crippen LogP contribution in [-0.2, 0) is 12.0 Å². The van der Waals surface area contributed by atoms with Crippen LogP contribution in [0.3, 0.4) is 0 Å². The highest BCUT2D eigenvalue weighted by atomic mass is 16.5. The Kier molecular flexibility index (Phi) is 8.80. The number of hydrogen-bond donors (Lipinski definition) is 3. The molecule has 0 heterocycles. The van der Waals surface area contributed by atoms with Crippen molar-refractivity contribution >= 4 is 5.96 Å². The van der Waals surface area contributed by atoms with Gasteiger partial charge in [-0.25, -0.2) is 4.99 Å². The average Bonchev–Trinajstić information content (AvgIpc) is 2.77. The van der Waals surface area contributed by atoms with Gasteiger partial charge in [0, 0.05) is 30.8 Å². The van der Waals surface area contributed by atoms with E-state index < -0.39 is 5.60 Å². The van der Waals surface area contributed by atoms with Gasteiger partial charge in [-0.3, -0.25) is 0 Å². The second-order valence-electron chi connectivity index (χ2n) is 7.02. The van der Waals surface area contributed by atoms with Crippen LogP contribution >= 0.6 is 0 Å². The molecule has 0 aliphatic carbocycles. The Bertz CT molecular complexity index is 797. The molecule has 7 nitrogen and oxygen atoms in total. The summed E-state index contributed by atoms with van der Waals surface area (Å²) in [5.41, 5.74) is 0.726. The number of methoxy groups -OCH3 is 3. The molecule has 0 spiro atoms. The number of ether oxygens (including phenoxy) is 3. The van der Waals surface area contributed by atoms with E-state index in [1.165, 1.54) is 0 Å². The number of aliphatic hydroxyl groups is 1. The van der Waals surface area contributed by atoms with Crippen molar-refractivity contribution in [2.75, 3.05) is 41.0 Å². The van der Waals surface area contributed by atoms with Gasteiger partial charge >= 0.3 is 0 Å². The number of benzene rings is 2. The Labute approximate surface area is 179 Å². The van der Waals surface area contributed by atoms with Gasteiger partial charge in [-0.15, -0.1) is 0 Å². The SMILES string of the molecule is CCNC(=NCC(C)(O)c1ccccc1)NCCc1c(OC)cc(OC)cc1OC. The maximum atomic E-state index is 10.8. The maximum absolute atomic E-state index is 10.8. The van der Waals surface area contributed by atoms with Crippen LogP contribution in [0.5, 0.6) is 17.2 Å². The molecule has 2 aromatic rings. The van der Waals surface area contributed by atoms with Crippen LogP contribution in [0.15, 0.2) is 47.5 Å². The lowest BCUT2D eigenvalue weighted by Gasteiger charge is -2.22. The molecule has 0 amide bonds. The molecule has 2 rings (SSSR count). The van der Waals surface area contributed by atoms with Gasteiger partial charge in [0.25, 0.3) is 0 Å². The molecule has 0 aliphatic heterocycles. The zero-order valence-corrected chi connectivity index (χ0v) is 18.5. The highest BCUT2D eigenvalue weighted by Gasteiger charge is 2.22. The molecule has 1 atom stereocenters.